The normalized spacial score (nSPS) is 25.4. The van der Waals surface area contributed by atoms with E-state index in [-0.39, 0.29) is 23.0 Å². The predicted molar refractivity (Wildman–Crippen MR) is 111 cm³/mol. The molecule has 1 aromatic rings. The Balaban J connectivity index is 1.63. The van der Waals surface area contributed by atoms with Crippen LogP contribution in [-0.4, -0.2) is 47.3 Å². The quantitative estimate of drug-likeness (QED) is 0.454. The fourth-order valence-corrected chi connectivity index (χ4v) is 5.08. The van der Waals surface area contributed by atoms with Crippen LogP contribution in [0.3, 0.4) is 0 Å². The van der Waals surface area contributed by atoms with E-state index in [2.05, 4.69) is 26.1 Å². The molecule has 1 aromatic carbocycles. The van der Waals surface area contributed by atoms with E-state index in [1.807, 2.05) is 26.0 Å². The molecule has 2 fully saturated rings. The molecule has 162 valence electrons. The topological polar surface area (TPSA) is 92.8 Å². The third kappa shape index (κ3) is 4.40. The third-order valence-electron chi connectivity index (χ3n) is 5.97. The number of esters is 1. The molecule has 1 saturated carbocycles. The Morgan fingerprint density at radius 1 is 1.20 bits per heavy atom. The maximum atomic E-state index is 13.1. The Kier molecular flexibility index (Phi) is 5.76. The minimum atomic E-state index is -0.965. The van der Waals surface area contributed by atoms with Crippen LogP contribution in [0.25, 0.3) is 0 Å². The Hall–Kier alpha value is -2.70. The Bertz CT molecular complexity index is 907. The Labute approximate surface area is 177 Å². The van der Waals surface area contributed by atoms with E-state index in [0.29, 0.717) is 18.4 Å². The molecule has 7 nitrogen and oxygen atoms in total. The number of nitrogens with zero attached hydrogens (tertiary/aromatic N) is 1. The molecule has 1 aliphatic carbocycles. The van der Waals surface area contributed by atoms with Crippen LogP contribution in [0.2, 0.25) is 0 Å². The van der Waals surface area contributed by atoms with Crippen LogP contribution in [-0.2, 0) is 14.3 Å². The summed E-state index contributed by atoms with van der Waals surface area (Å²) >= 11 is 0. The van der Waals surface area contributed by atoms with E-state index in [9.17, 15) is 19.2 Å². The number of imide groups is 1. The molecule has 7 heteroatoms. The molecule has 1 aliphatic heterocycles. The molecular formula is C23H30N2O5. The lowest BCUT2D eigenvalue weighted by molar-refractivity contribution is -0.147. The number of rotatable bonds is 5. The fraction of sp³-hybridized carbons (Fsp3) is 0.565. The second kappa shape index (κ2) is 7.85. The van der Waals surface area contributed by atoms with Crippen molar-refractivity contribution in [2.75, 3.05) is 13.2 Å². The molecule has 0 bridgehead atoms. The average molecular weight is 415 g/mol. The van der Waals surface area contributed by atoms with Gasteiger partial charge in [-0.25, -0.2) is 4.79 Å². The highest BCUT2D eigenvalue weighted by Gasteiger charge is 2.56. The summed E-state index contributed by atoms with van der Waals surface area (Å²) in [5.41, 5.74) is 1.17. The van der Waals surface area contributed by atoms with Crippen molar-refractivity contribution in [2.24, 2.45) is 11.3 Å². The van der Waals surface area contributed by atoms with Crippen LogP contribution in [0.5, 0.6) is 0 Å². The number of hydrogen-bond acceptors (Lipinski definition) is 5. The number of amides is 3. The van der Waals surface area contributed by atoms with Gasteiger partial charge in [0.1, 0.15) is 12.1 Å². The molecule has 0 unspecified atom stereocenters. The molecule has 1 N–H and O–H groups in total. The molecule has 1 heterocycles. The van der Waals surface area contributed by atoms with E-state index in [4.69, 9.17) is 4.74 Å². The van der Waals surface area contributed by atoms with E-state index in [1.165, 1.54) is 0 Å². The zero-order valence-electron chi connectivity index (χ0n) is 18.3. The van der Waals surface area contributed by atoms with Crippen molar-refractivity contribution in [3.63, 3.8) is 0 Å². The highest BCUT2D eigenvalue weighted by Crippen LogP contribution is 2.46. The van der Waals surface area contributed by atoms with Gasteiger partial charge in [-0.05, 0) is 56.1 Å². The number of hydrogen-bond donors (Lipinski definition) is 1. The van der Waals surface area contributed by atoms with Gasteiger partial charge in [0.05, 0.1) is 0 Å². The van der Waals surface area contributed by atoms with Crippen molar-refractivity contribution in [3.05, 3.63) is 34.9 Å². The van der Waals surface area contributed by atoms with Crippen LogP contribution in [0.4, 0.5) is 4.79 Å². The highest BCUT2D eigenvalue weighted by atomic mass is 16.5. The molecule has 1 saturated heterocycles. The number of nitrogens with one attached hydrogen (secondary N) is 1. The number of aryl methyl sites for hydroxylation is 2. The van der Waals surface area contributed by atoms with Gasteiger partial charge >= 0.3 is 12.0 Å². The summed E-state index contributed by atoms with van der Waals surface area (Å²) < 4.78 is 5.09. The van der Waals surface area contributed by atoms with Gasteiger partial charge in [0.2, 0.25) is 5.78 Å². The van der Waals surface area contributed by atoms with E-state index in [1.54, 1.807) is 6.07 Å². The Morgan fingerprint density at radius 2 is 1.90 bits per heavy atom. The molecule has 30 heavy (non-hydrogen) atoms. The molecule has 1 spiro atoms. The number of Topliss-reactive ketones (excluding diaryl/α,β-unsaturated/α-hetero) is 1. The number of carbonyl (C=O) groups is 4. The van der Waals surface area contributed by atoms with Gasteiger partial charge in [-0.2, -0.15) is 0 Å². The standard InChI is InChI=1S/C23H30N2O5/c1-14-6-7-16(3)17(8-14)18(26)12-30-19(27)11-25-20(28)23(24-21(25)29)10-15(2)9-22(4,5)13-23/h6-8,15H,9-13H2,1-5H3,(H,24,29)/t15-,23-/m0/s1. The molecule has 2 aliphatic rings. The fourth-order valence-electron chi connectivity index (χ4n) is 5.08. The first-order valence-corrected chi connectivity index (χ1v) is 10.3. The first kappa shape index (κ1) is 22.0. The first-order chi connectivity index (χ1) is 13.9. The van der Waals surface area contributed by atoms with Crippen molar-refractivity contribution >= 4 is 23.7 Å². The molecule has 3 amide bonds. The zero-order chi connectivity index (χ0) is 22.3. The second-order valence-corrected chi connectivity index (χ2v) is 9.66. The summed E-state index contributed by atoms with van der Waals surface area (Å²) in [7, 11) is 0. The number of ether oxygens (including phenoxy) is 1. The summed E-state index contributed by atoms with van der Waals surface area (Å²) in [4.78, 5) is 51.2. The molecule has 0 radical (unpaired) electrons. The summed E-state index contributed by atoms with van der Waals surface area (Å²) in [6.45, 7) is 9.00. The van der Waals surface area contributed by atoms with Crippen molar-refractivity contribution in [1.29, 1.82) is 0 Å². The largest absolute Gasteiger partial charge is 0.456 e. The minimum Gasteiger partial charge on any atom is -0.456 e. The maximum Gasteiger partial charge on any atom is 0.326 e. The zero-order valence-corrected chi connectivity index (χ0v) is 18.3. The van der Waals surface area contributed by atoms with E-state index >= 15 is 0 Å². The van der Waals surface area contributed by atoms with Crippen molar-refractivity contribution < 1.29 is 23.9 Å². The molecule has 2 atom stereocenters. The van der Waals surface area contributed by atoms with E-state index < -0.39 is 30.7 Å². The summed E-state index contributed by atoms with van der Waals surface area (Å²) in [5.74, 6) is -1.21. The van der Waals surface area contributed by atoms with Crippen LogP contribution >= 0.6 is 0 Å². The summed E-state index contributed by atoms with van der Waals surface area (Å²) in [6.07, 6.45) is 2.06. The lowest BCUT2D eigenvalue weighted by Crippen LogP contribution is -2.54. The Morgan fingerprint density at radius 3 is 2.57 bits per heavy atom. The SMILES string of the molecule is Cc1ccc(C)c(C(=O)COC(=O)CN2C(=O)N[C@]3(C[C@@H](C)CC(C)(C)C3)C2=O)c1. The number of benzene rings is 1. The smallest absolute Gasteiger partial charge is 0.326 e. The lowest BCUT2D eigenvalue weighted by Gasteiger charge is -2.43. The molecule has 0 aromatic heterocycles. The first-order valence-electron chi connectivity index (χ1n) is 10.3. The monoisotopic (exact) mass is 414 g/mol. The van der Waals surface area contributed by atoms with Gasteiger partial charge in [0.15, 0.2) is 6.61 Å². The van der Waals surface area contributed by atoms with Gasteiger partial charge in [0.25, 0.3) is 5.91 Å². The van der Waals surface area contributed by atoms with Crippen LogP contribution in [0, 0.1) is 25.2 Å². The molecular weight excluding hydrogens is 384 g/mol. The minimum absolute atomic E-state index is 0.0881. The third-order valence-corrected chi connectivity index (χ3v) is 5.97. The number of urea groups is 1. The second-order valence-electron chi connectivity index (χ2n) is 9.66. The van der Waals surface area contributed by atoms with Gasteiger partial charge < -0.3 is 10.1 Å². The lowest BCUT2D eigenvalue weighted by atomic mass is 9.64. The van der Waals surface area contributed by atoms with Gasteiger partial charge in [-0.15, -0.1) is 0 Å². The molecule has 3 rings (SSSR count). The highest BCUT2D eigenvalue weighted by molar-refractivity contribution is 6.09. The van der Waals surface area contributed by atoms with Crippen LogP contribution in [0.15, 0.2) is 18.2 Å². The summed E-state index contributed by atoms with van der Waals surface area (Å²) in [5, 5.41) is 2.83. The van der Waals surface area contributed by atoms with Crippen molar-refractivity contribution in [1.82, 2.24) is 10.2 Å². The van der Waals surface area contributed by atoms with Gasteiger partial charge in [-0.3, -0.25) is 19.3 Å². The van der Waals surface area contributed by atoms with Gasteiger partial charge in [0, 0.05) is 5.56 Å². The van der Waals surface area contributed by atoms with Crippen LogP contribution in [0.1, 0.15) is 61.5 Å². The predicted octanol–water partition coefficient (Wildman–Crippen LogP) is 3.17. The van der Waals surface area contributed by atoms with Crippen LogP contribution < -0.4 is 5.32 Å². The van der Waals surface area contributed by atoms with Gasteiger partial charge in [-0.1, -0.05) is 38.5 Å². The van der Waals surface area contributed by atoms with Crippen molar-refractivity contribution in [3.8, 4) is 0 Å². The van der Waals surface area contributed by atoms with Crippen molar-refractivity contribution in [2.45, 2.75) is 59.4 Å². The number of ketones is 1. The summed E-state index contributed by atoms with van der Waals surface area (Å²) in [6, 6.07) is 4.91. The average Bonchev–Trinajstić information content (AvgIpc) is 2.83. The number of carbonyl (C=O) groups excluding carboxylic acids is 4. The maximum absolute atomic E-state index is 13.1. The van der Waals surface area contributed by atoms with E-state index in [0.717, 1.165) is 22.4 Å².